The largest absolute Gasteiger partial charge is 0.304 e. The van der Waals surface area contributed by atoms with Gasteiger partial charge in [0, 0.05) is 19.2 Å². The van der Waals surface area contributed by atoms with Gasteiger partial charge in [-0.15, -0.1) is 0 Å². The molecule has 1 aliphatic rings. The zero-order chi connectivity index (χ0) is 11.7. The van der Waals surface area contributed by atoms with E-state index in [1.165, 1.54) is 42.8 Å². The first kappa shape index (κ1) is 10.8. The second-order valence-corrected chi connectivity index (χ2v) is 4.97. The summed E-state index contributed by atoms with van der Waals surface area (Å²) in [6.45, 7) is 5.80. The first-order valence-corrected chi connectivity index (χ1v) is 6.48. The van der Waals surface area contributed by atoms with Gasteiger partial charge in [0.1, 0.15) is 5.82 Å². The predicted molar refractivity (Wildman–Crippen MR) is 69.3 cm³/mol. The summed E-state index contributed by atoms with van der Waals surface area (Å²) in [4.78, 5) is 7.07. The van der Waals surface area contributed by atoms with Crippen LogP contribution < -0.4 is 0 Å². The lowest BCUT2D eigenvalue weighted by atomic mass is 10.3. The van der Waals surface area contributed by atoms with Gasteiger partial charge in [0.25, 0.3) is 0 Å². The standard InChI is InChI=1S/C14H19N3/c1-12-4-9-17-13(10-12)11-15-14(17)5-8-16-6-2-3-7-16/h4,9-11H,2-3,5-8H2,1H3. The van der Waals surface area contributed by atoms with E-state index in [1.54, 1.807) is 0 Å². The van der Waals surface area contributed by atoms with Crippen molar-refractivity contribution in [1.82, 2.24) is 14.3 Å². The molecule has 0 radical (unpaired) electrons. The molecule has 0 saturated carbocycles. The summed E-state index contributed by atoms with van der Waals surface area (Å²) < 4.78 is 2.21. The highest BCUT2D eigenvalue weighted by atomic mass is 15.1. The van der Waals surface area contributed by atoms with E-state index in [0.29, 0.717) is 0 Å². The highest BCUT2D eigenvalue weighted by molar-refractivity contribution is 5.48. The van der Waals surface area contributed by atoms with Gasteiger partial charge >= 0.3 is 0 Å². The van der Waals surface area contributed by atoms with Crippen LogP contribution in [0.15, 0.2) is 24.5 Å². The molecule has 0 aliphatic carbocycles. The molecule has 0 unspecified atom stereocenters. The number of rotatable bonds is 3. The van der Waals surface area contributed by atoms with E-state index in [0.717, 1.165) is 13.0 Å². The molecule has 2 aromatic rings. The van der Waals surface area contributed by atoms with E-state index in [2.05, 4.69) is 39.5 Å². The van der Waals surface area contributed by atoms with Gasteiger partial charge in [-0.2, -0.15) is 0 Å². The number of nitrogens with zero attached hydrogens (tertiary/aromatic N) is 3. The number of pyridine rings is 1. The molecule has 0 amide bonds. The molecule has 0 aromatic carbocycles. The number of hydrogen-bond donors (Lipinski definition) is 0. The lowest BCUT2D eigenvalue weighted by molar-refractivity contribution is 0.340. The van der Waals surface area contributed by atoms with Crippen LogP contribution in [0.25, 0.3) is 5.52 Å². The van der Waals surface area contributed by atoms with E-state index in [-0.39, 0.29) is 0 Å². The van der Waals surface area contributed by atoms with Crippen LogP contribution in [0.1, 0.15) is 24.2 Å². The minimum absolute atomic E-state index is 1.05. The minimum atomic E-state index is 1.05. The van der Waals surface area contributed by atoms with Crippen molar-refractivity contribution < 1.29 is 0 Å². The number of likely N-dealkylation sites (tertiary alicyclic amines) is 1. The third-order valence-corrected chi connectivity index (χ3v) is 3.61. The van der Waals surface area contributed by atoms with Gasteiger partial charge in [-0.1, -0.05) is 0 Å². The molecular formula is C14H19N3. The summed E-state index contributed by atoms with van der Waals surface area (Å²) >= 11 is 0. The zero-order valence-electron chi connectivity index (χ0n) is 10.4. The lowest BCUT2D eigenvalue weighted by Crippen LogP contribution is -2.22. The first-order valence-electron chi connectivity index (χ1n) is 6.48. The molecule has 3 rings (SSSR count). The smallest absolute Gasteiger partial charge is 0.114 e. The van der Waals surface area contributed by atoms with Crippen LogP contribution in [0.3, 0.4) is 0 Å². The summed E-state index contributed by atoms with van der Waals surface area (Å²) in [7, 11) is 0. The van der Waals surface area contributed by atoms with Gasteiger partial charge in [0.2, 0.25) is 0 Å². The summed E-state index contributed by atoms with van der Waals surface area (Å²) in [5.41, 5.74) is 2.50. The van der Waals surface area contributed by atoms with Gasteiger partial charge in [0.15, 0.2) is 0 Å². The summed E-state index contributed by atoms with van der Waals surface area (Å²) in [5, 5.41) is 0. The third kappa shape index (κ3) is 2.20. The molecule has 1 aliphatic heterocycles. The van der Waals surface area contributed by atoms with Crippen molar-refractivity contribution in [2.45, 2.75) is 26.2 Å². The molecule has 90 valence electrons. The molecule has 17 heavy (non-hydrogen) atoms. The Balaban J connectivity index is 1.76. The van der Waals surface area contributed by atoms with Crippen molar-refractivity contribution in [3.63, 3.8) is 0 Å². The van der Waals surface area contributed by atoms with Crippen LogP contribution in [0, 0.1) is 6.92 Å². The van der Waals surface area contributed by atoms with Gasteiger partial charge in [0.05, 0.1) is 11.7 Å². The molecule has 0 N–H and O–H groups in total. The molecule has 3 heteroatoms. The Hall–Kier alpha value is -1.35. The summed E-state index contributed by atoms with van der Waals surface area (Å²) in [5.74, 6) is 1.19. The van der Waals surface area contributed by atoms with E-state index in [4.69, 9.17) is 0 Å². The van der Waals surface area contributed by atoms with Crippen molar-refractivity contribution >= 4 is 5.52 Å². The van der Waals surface area contributed by atoms with Crippen LogP contribution in [-0.4, -0.2) is 33.9 Å². The highest BCUT2D eigenvalue weighted by Crippen LogP contribution is 2.12. The van der Waals surface area contributed by atoms with Crippen molar-refractivity contribution in [2.75, 3.05) is 19.6 Å². The van der Waals surface area contributed by atoms with Crippen LogP contribution >= 0.6 is 0 Å². The third-order valence-electron chi connectivity index (χ3n) is 3.61. The normalized spacial score (nSPS) is 17.0. The molecule has 3 heterocycles. The average Bonchev–Trinajstić information content (AvgIpc) is 2.94. The number of imidazole rings is 1. The molecule has 0 bridgehead atoms. The number of hydrogen-bond acceptors (Lipinski definition) is 2. The fraction of sp³-hybridized carbons (Fsp3) is 0.500. The van der Waals surface area contributed by atoms with Crippen molar-refractivity contribution in [2.24, 2.45) is 0 Å². The van der Waals surface area contributed by atoms with Gasteiger partial charge in [-0.3, -0.25) is 0 Å². The van der Waals surface area contributed by atoms with Crippen LogP contribution in [0.4, 0.5) is 0 Å². The fourth-order valence-electron chi connectivity index (χ4n) is 2.62. The molecule has 3 nitrogen and oxygen atoms in total. The second kappa shape index (κ2) is 4.49. The van der Waals surface area contributed by atoms with E-state index in [9.17, 15) is 0 Å². The molecule has 2 aromatic heterocycles. The van der Waals surface area contributed by atoms with Gasteiger partial charge < -0.3 is 9.30 Å². The van der Waals surface area contributed by atoms with Gasteiger partial charge in [-0.25, -0.2) is 4.98 Å². The van der Waals surface area contributed by atoms with Crippen molar-refractivity contribution in [1.29, 1.82) is 0 Å². The first-order chi connectivity index (χ1) is 8.33. The summed E-state index contributed by atoms with van der Waals surface area (Å²) in [6, 6.07) is 4.33. The number of fused-ring (bicyclic) bond motifs is 1. The average molecular weight is 229 g/mol. The Kier molecular flexibility index (Phi) is 2.85. The van der Waals surface area contributed by atoms with Crippen LogP contribution in [0.5, 0.6) is 0 Å². The Labute approximate surface area is 102 Å². The Bertz CT molecular complexity index is 509. The van der Waals surface area contributed by atoms with E-state index < -0.39 is 0 Å². The molecule has 1 saturated heterocycles. The van der Waals surface area contributed by atoms with E-state index >= 15 is 0 Å². The van der Waals surface area contributed by atoms with Gasteiger partial charge in [-0.05, 0) is 50.6 Å². The molecule has 0 spiro atoms. The second-order valence-electron chi connectivity index (χ2n) is 4.97. The lowest BCUT2D eigenvalue weighted by Gasteiger charge is -2.13. The van der Waals surface area contributed by atoms with Crippen LogP contribution in [0.2, 0.25) is 0 Å². The maximum Gasteiger partial charge on any atom is 0.114 e. The Morgan fingerprint density at radius 2 is 2.12 bits per heavy atom. The maximum atomic E-state index is 4.53. The minimum Gasteiger partial charge on any atom is -0.304 e. The van der Waals surface area contributed by atoms with Crippen LogP contribution in [-0.2, 0) is 6.42 Å². The predicted octanol–water partition coefficient (Wildman–Crippen LogP) is 2.28. The fourth-order valence-corrected chi connectivity index (χ4v) is 2.62. The highest BCUT2D eigenvalue weighted by Gasteiger charge is 2.12. The SMILES string of the molecule is Cc1ccn2c(CCN3CCCC3)ncc2c1. The zero-order valence-corrected chi connectivity index (χ0v) is 10.4. The summed E-state index contributed by atoms with van der Waals surface area (Å²) in [6.07, 6.45) is 7.89. The topological polar surface area (TPSA) is 20.5 Å². The molecule has 0 atom stereocenters. The number of aryl methyl sites for hydroxylation is 1. The Morgan fingerprint density at radius 3 is 2.94 bits per heavy atom. The Morgan fingerprint density at radius 1 is 1.29 bits per heavy atom. The quantitative estimate of drug-likeness (QED) is 0.805. The van der Waals surface area contributed by atoms with E-state index in [1.807, 2.05) is 6.20 Å². The molecule has 1 fully saturated rings. The maximum absolute atomic E-state index is 4.53. The molecular weight excluding hydrogens is 210 g/mol. The van der Waals surface area contributed by atoms with Crippen molar-refractivity contribution in [3.05, 3.63) is 35.9 Å². The number of aromatic nitrogens is 2. The monoisotopic (exact) mass is 229 g/mol. The van der Waals surface area contributed by atoms with Crippen molar-refractivity contribution in [3.8, 4) is 0 Å².